The second-order valence-electron chi connectivity index (χ2n) is 3.74. The van der Waals surface area contributed by atoms with Crippen LogP contribution in [0.25, 0.3) is 11.3 Å². The molecular weight excluding hydrogens is 244 g/mol. The first-order chi connectivity index (χ1) is 9.30. The Morgan fingerprint density at radius 3 is 2.47 bits per heavy atom. The van der Waals surface area contributed by atoms with E-state index in [4.69, 9.17) is 14.7 Å². The lowest BCUT2D eigenvalue weighted by Crippen LogP contribution is -1.99. The highest BCUT2D eigenvalue weighted by atomic mass is 16.5. The van der Waals surface area contributed by atoms with E-state index in [1.807, 2.05) is 30.3 Å². The lowest BCUT2D eigenvalue weighted by molar-refractivity contribution is 0.321. The second-order valence-corrected chi connectivity index (χ2v) is 3.74. The molecule has 0 amide bonds. The number of oxime groups is 1. The van der Waals surface area contributed by atoms with Gasteiger partial charge in [0.25, 0.3) is 0 Å². The molecule has 0 aliphatic heterocycles. The van der Waals surface area contributed by atoms with Crippen molar-refractivity contribution in [3.05, 3.63) is 42.1 Å². The van der Waals surface area contributed by atoms with Crippen molar-refractivity contribution in [3.8, 4) is 22.8 Å². The summed E-state index contributed by atoms with van der Waals surface area (Å²) < 4.78 is 10.6. The van der Waals surface area contributed by atoms with Crippen LogP contribution in [-0.4, -0.2) is 30.6 Å². The first kappa shape index (κ1) is 12.9. The van der Waals surface area contributed by atoms with Crippen LogP contribution in [0.15, 0.2) is 41.6 Å². The van der Waals surface area contributed by atoms with E-state index in [2.05, 4.69) is 10.1 Å². The maximum absolute atomic E-state index is 8.63. The Kier molecular flexibility index (Phi) is 3.97. The Bertz CT molecular complexity index is 583. The third-order valence-electron chi connectivity index (χ3n) is 2.62. The molecule has 1 N–H and O–H groups in total. The summed E-state index contributed by atoms with van der Waals surface area (Å²) in [5.74, 6) is 1.08. The summed E-state index contributed by atoms with van der Waals surface area (Å²) >= 11 is 0. The molecule has 0 aliphatic rings. The van der Waals surface area contributed by atoms with Crippen LogP contribution in [0.4, 0.5) is 0 Å². The molecule has 98 valence electrons. The Labute approximate surface area is 111 Å². The zero-order valence-electron chi connectivity index (χ0n) is 10.7. The number of hydrogen-bond acceptors (Lipinski definition) is 5. The largest absolute Gasteiger partial charge is 0.493 e. The molecular formula is C14H14N2O3. The van der Waals surface area contributed by atoms with Gasteiger partial charge in [0.1, 0.15) is 5.69 Å². The second kappa shape index (κ2) is 5.86. The summed E-state index contributed by atoms with van der Waals surface area (Å²) in [7, 11) is 3.11. The predicted molar refractivity (Wildman–Crippen MR) is 72.2 cm³/mol. The van der Waals surface area contributed by atoms with Crippen LogP contribution in [0.2, 0.25) is 0 Å². The van der Waals surface area contributed by atoms with Gasteiger partial charge in [-0.2, -0.15) is 0 Å². The number of hydrogen-bond donors (Lipinski definition) is 1. The third kappa shape index (κ3) is 2.65. The Morgan fingerprint density at radius 1 is 1.16 bits per heavy atom. The molecule has 1 heterocycles. The molecule has 0 atom stereocenters. The number of benzene rings is 1. The van der Waals surface area contributed by atoms with Crippen LogP contribution in [0.5, 0.6) is 11.5 Å². The Morgan fingerprint density at radius 2 is 1.89 bits per heavy atom. The highest BCUT2D eigenvalue weighted by Crippen LogP contribution is 2.36. The van der Waals surface area contributed by atoms with Crippen LogP contribution in [0.1, 0.15) is 5.69 Å². The van der Waals surface area contributed by atoms with Gasteiger partial charge >= 0.3 is 0 Å². The zero-order chi connectivity index (χ0) is 13.7. The molecule has 0 bridgehead atoms. The molecule has 0 unspecified atom stereocenters. The summed E-state index contributed by atoms with van der Waals surface area (Å²) in [5.41, 5.74) is 2.02. The van der Waals surface area contributed by atoms with Gasteiger partial charge in [-0.05, 0) is 0 Å². The van der Waals surface area contributed by atoms with Gasteiger partial charge in [-0.3, -0.25) is 0 Å². The number of aromatic nitrogens is 1. The SMILES string of the molecule is COc1cc(C=NO)nc(-c2ccccc2)c1OC. The number of nitrogens with zero attached hydrogens (tertiary/aromatic N) is 2. The van der Waals surface area contributed by atoms with Crippen LogP contribution in [0, 0.1) is 0 Å². The average molecular weight is 258 g/mol. The smallest absolute Gasteiger partial charge is 0.187 e. The summed E-state index contributed by atoms with van der Waals surface area (Å²) in [6.07, 6.45) is 1.24. The van der Waals surface area contributed by atoms with Crippen molar-refractivity contribution in [2.45, 2.75) is 0 Å². The molecule has 19 heavy (non-hydrogen) atoms. The fourth-order valence-corrected chi connectivity index (χ4v) is 1.79. The van der Waals surface area contributed by atoms with Gasteiger partial charge in [0.05, 0.1) is 26.1 Å². The monoisotopic (exact) mass is 258 g/mol. The molecule has 0 radical (unpaired) electrons. The van der Waals surface area contributed by atoms with E-state index in [-0.39, 0.29) is 0 Å². The van der Waals surface area contributed by atoms with Gasteiger partial charge in [0.15, 0.2) is 11.5 Å². The molecule has 1 aromatic heterocycles. The van der Waals surface area contributed by atoms with Crippen molar-refractivity contribution in [1.82, 2.24) is 4.98 Å². The minimum Gasteiger partial charge on any atom is -0.493 e. The van der Waals surface area contributed by atoms with Gasteiger partial charge < -0.3 is 14.7 Å². The average Bonchev–Trinajstić information content (AvgIpc) is 2.47. The highest BCUT2D eigenvalue weighted by Gasteiger charge is 2.15. The highest BCUT2D eigenvalue weighted by molar-refractivity contribution is 5.81. The van der Waals surface area contributed by atoms with E-state index in [0.29, 0.717) is 22.9 Å². The maximum Gasteiger partial charge on any atom is 0.187 e. The first-order valence-corrected chi connectivity index (χ1v) is 5.66. The van der Waals surface area contributed by atoms with Crippen molar-refractivity contribution in [1.29, 1.82) is 0 Å². The quantitative estimate of drug-likeness (QED) is 0.520. The molecule has 5 heteroatoms. The number of pyridine rings is 1. The summed E-state index contributed by atoms with van der Waals surface area (Å²) in [5, 5.41) is 11.6. The first-order valence-electron chi connectivity index (χ1n) is 5.66. The lowest BCUT2D eigenvalue weighted by Gasteiger charge is -2.13. The van der Waals surface area contributed by atoms with Gasteiger partial charge in [0, 0.05) is 11.6 Å². The molecule has 0 spiro atoms. The summed E-state index contributed by atoms with van der Waals surface area (Å²) in [6, 6.07) is 11.2. The van der Waals surface area contributed by atoms with Crippen LogP contribution >= 0.6 is 0 Å². The zero-order valence-corrected chi connectivity index (χ0v) is 10.7. The summed E-state index contributed by atoms with van der Waals surface area (Å²) in [4.78, 5) is 4.40. The van der Waals surface area contributed by atoms with Crippen molar-refractivity contribution < 1.29 is 14.7 Å². The summed E-state index contributed by atoms with van der Waals surface area (Å²) in [6.45, 7) is 0. The minimum absolute atomic E-state index is 0.485. The van der Waals surface area contributed by atoms with E-state index < -0.39 is 0 Å². The molecule has 0 saturated heterocycles. The van der Waals surface area contributed by atoms with Gasteiger partial charge in [-0.25, -0.2) is 4.98 Å². The number of ether oxygens (including phenoxy) is 2. The maximum atomic E-state index is 8.63. The standard InChI is InChI=1S/C14H14N2O3/c1-18-12-8-11(9-15-17)16-13(14(12)19-2)10-6-4-3-5-7-10/h3-9,17H,1-2H3. The van der Waals surface area contributed by atoms with Crippen molar-refractivity contribution in [2.24, 2.45) is 5.16 Å². The van der Waals surface area contributed by atoms with E-state index in [0.717, 1.165) is 5.56 Å². The fourth-order valence-electron chi connectivity index (χ4n) is 1.79. The molecule has 2 aromatic rings. The van der Waals surface area contributed by atoms with E-state index >= 15 is 0 Å². The van der Waals surface area contributed by atoms with Gasteiger partial charge in [0.2, 0.25) is 0 Å². The minimum atomic E-state index is 0.485. The molecule has 1 aromatic carbocycles. The van der Waals surface area contributed by atoms with Crippen LogP contribution < -0.4 is 9.47 Å². The van der Waals surface area contributed by atoms with Gasteiger partial charge in [-0.1, -0.05) is 35.5 Å². The fraction of sp³-hybridized carbons (Fsp3) is 0.143. The molecule has 5 nitrogen and oxygen atoms in total. The topological polar surface area (TPSA) is 63.9 Å². The third-order valence-corrected chi connectivity index (χ3v) is 2.62. The van der Waals surface area contributed by atoms with E-state index in [1.165, 1.54) is 6.21 Å². The van der Waals surface area contributed by atoms with E-state index in [1.54, 1.807) is 20.3 Å². The lowest BCUT2D eigenvalue weighted by atomic mass is 10.1. The van der Waals surface area contributed by atoms with Crippen LogP contribution in [0.3, 0.4) is 0 Å². The molecule has 0 aliphatic carbocycles. The van der Waals surface area contributed by atoms with Crippen molar-refractivity contribution in [3.63, 3.8) is 0 Å². The van der Waals surface area contributed by atoms with Crippen molar-refractivity contribution >= 4 is 6.21 Å². The molecule has 0 fully saturated rings. The van der Waals surface area contributed by atoms with Crippen molar-refractivity contribution in [2.75, 3.05) is 14.2 Å². The van der Waals surface area contributed by atoms with Gasteiger partial charge in [-0.15, -0.1) is 0 Å². The Hall–Kier alpha value is -2.56. The Balaban J connectivity index is 2.66. The van der Waals surface area contributed by atoms with E-state index in [9.17, 15) is 0 Å². The van der Waals surface area contributed by atoms with Crippen LogP contribution in [-0.2, 0) is 0 Å². The molecule has 2 rings (SSSR count). The number of methoxy groups -OCH3 is 2. The predicted octanol–water partition coefficient (Wildman–Crippen LogP) is 2.57. The number of rotatable bonds is 4. The molecule has 0 saturated carbocycles. The normalized spacial score (nSPS) is 10.6.